The fraction of sp³-hybridized carbons (Fsp3) is 0.318. The Bertz CT molecular complexity index is 1060. The van der Waals surface area contributed by atoms with Gasteiger partial charge in [-0.25, -0.2) is 9.18 Å². The lowest BCUT2D eigenvalue weighted by Gasteiger charge is -2.23. The van der Waals surface area contributed by atoms with Crippen LogP contribution < -0.4 is 5.32 Å². The van der Waals surface area contributed by atoms with Gasteiger partial charge in [0.25, 0.3) is 0 Å². The third kappa shape index (κ3) is 3.31. The summed E-state index contributed by atoms with van der Waals surface area (Å²) >= 11 is 1.21. The summed E-state index contributed by atoms with van der Waals surface area (Å²) in [7, 11) is 1.25. The van der Waals surface area contributed by atoms with Crippen molar-refractivity contribution in [3.8, 4) is 11.1 Å². The minimum atomic E-state index is -0.991. The van der Waals surface area contributed by atoms with Crippen molar-refractivity contribution >= 4 is 34.2 Å². The van der Waals surface area contributed by atoms with Crippen LogP contribution in [-0.4, -0.2) is 30.1 Å². The molecule has 1 heterocycles. The largest absolute Gasteiger partial charge is 0.481 e. The number of hydrogen-bond donors (Lipinski definition) is 2. The lowest BCUT2D eigenvalue weighted by atomic mass is 9.82. The summed E-state index contributed by atoms with van der Waals surface area (Å²) in [5, 5.41) is 12.7. The molecule has 2 bridgehead atoms. The maximum Gasteiger partial charge on any atom is 0.341 e. The number of anilines is 1. The van der Waals surface area contributed by atoms with Crippen LogP contribution in [0.3, 0.4) is 0 Å². The third-order valence-corrected chi connectivity index (χ3v) is 6.91. The molecule has 4 atom stereocenters. The van der Waals surface area contributed by atoms with Crippen molar-refractivity contribution < 1.29 is 28.6 Å². The molecule has 1 aromatic carbocycles. The minimum absolute atomic E-state index is 0.129. The molecule has 0 aliphatic heterocycles. The van der Waals surface area contributed by atoms with E-state index in [1.165, 1.54) is 30.6 Å². The normalized spacial score (nSPS) is 24.1. The Labute approximate surface area is 176 Å². The van der Waals surface area contributed by atoms with E-state index in [9.17, 15) is 23.9 Å². The second-order valence-electron chi connectivity index (χ2n) is 7.56. The first kappa shape index (κ1) is 20.3. The number of halogens is 1. The molecule has 0 unspecified atom stereocenters. The molecule has 6 nitrogen and oxygen atoms in total. The van der Waals surface area contributed by atoms with Gasteiger partial charge in [-0.3, -0.25) is 9.59 Å². The molecule has 1 aromatic heterocycles. The first-order chi connectivity index (χ1) is 14.3. The van der Waals surface area contributed by atoms with Crippen LogP contribution >= 0.6 is 11.3 Å². The zero-order valence-electron chi connectivity index (χ0n) is 16.3. The van der Waals surface area contributed by atoms with E-state index >= 15 is 0 Å². The molecule has 8 heteroatoms. The Hall–Kier alpha value is -3.00. The Balaban J connectivity index is 1.71. The Kier molecular flexibility index (Phi) is 5.19. The van der Waals surface area contributed by atoms with E-state index in [1.807, 2.05) is 12.2 Å². The fourth-order valence-electron chi connectivity index (χ4n) is 4.61. The zero-order valence-corrected chi connectivity index (χ0v) is 17.2. The molecule has 1 amide bonds. The number of aliphatic carboxylic acids is 1. The molecular weight excluding hydrogens is 409 g/mol. The highest BCUT2D eigenvalue weighted by molar-refractivity contribution is 7.17. The van der Waals surface area contributed by atoms with Crippen molar-refractivity contribution in [1.29, 1.82) is 0 Å². The molecule has 30 heavy (non-hydrogen) atoms. The van der Waals surface area contributed by atoms with Crippen molar-refractivity contribution in [2.75, 3.05) is 12.4 Å². The van der Waals surface area contributed by atoms with E-state index in [4.69, 9.17) is 4.74 Å². The van der Waals surface area contributed by atoms with Crippen LogP contribution in [0.4, 0.5) is 9.39 Å². The summed E-state index contributed by atoms with van der Waals surface area (Å²) in [6.07, 6.45) is 4.41. The summed E-state index contributed by atoms with van der Waals surface area (Å²) in [5.41, 5.74) is 1.37. The molecular formula is C22H20FNO5S. The molecule has 4 rings (SSSR count). The quantitative estimate of drug-likeness (QED) is 0.551. The molecule has 0 saturated heterocycles. The van der Waals surface area contributed by atoms with Crippen molar-refractivity contribution in [3.05, 3.63) is 52.7 Å². The topological polar surface area (TPSA) is 92.7 Å². The van der Waals surface area contributed by atoms with Crippen LogP contribution in [0.25, 0.3) is 11.1 Å². The number of fused-ring (bicyclic) bond motifs is 2. The first-order valence-electron chi connectivity index (χ1n) is 9.51. The molecule has 0 spiro atoms. The van der Waals surface area contributed by atoms with Gasteiger partial charge in [0.2, 0.25) is 5.91 Å². The third-order valence-electron chi connectivity index (χ3n) is 5.89. The standard InChI is InChI=1S/C22H20FNO5S/c1-10-15(11-5-7-14(23)8-6-11)18(22(28)29-2)20(30-10)24-19(25)16-12-3-4-13(9-12)17(16)21(26)27/h3-8,12-13,16-17H,9H2,1-2H3,(H,24,25)(H,26,27)/t12-,13-,16+,17+/m0/s1. The first-order valence-corrected chi connectivity index (χ1v) is 10.3. The Morgan fingerprint density at radius 2 is 1.77 bits per heavy atom. The lowest BCUT2D eigenvalue weighted by molar-refractivity contribution is -0.146. The van der Waals surface area contributed by atoms with Crippen LogP contribution in [0.5, 0.6) is 0 Å². The van der Waals surface area contributed by atoms with Gasteiger partial charge in [0.1, 0.15) is 16.4 Å². The second-order valence-corrected chi connectivity index (χ2v) is 8.79. The van der Waals surface area contributed by atoms with E-state index in [-0.39, 0.29) is 17.4 Å². The van der Waals surface area contributed by atoms with Crippen molar-refractivity contribution in [2.45, 2.75) is 13.3 Å². The predicted molar refractivity (Wildman–Crippen MR) is 110 cm³/mol. The molecule has 1 saturated carbocycles. The number of hydrogen-bond acceptors (Lipinski definition) is 5. The maximum absolute atomic E-state index is 13.4. The van der Waals surface area contributed by atoms with Gasteiger partial charge >= 0.3 is 11.9 Å². The lowest BCUT2D eigenvalue weighted by Crippen LogP contribution is -2.36. The zero-order chi connectivity index (χ0) is 21.6. The highest BCUT2D eigenvalue weighted by Gasteiger charge is 2.51. The number of thiophene rings is 1. The average Bonchev–Trinajstić information content (AvgIpc) is 3.41. The molecule has 2 aromatic rings. The van der Waals surface area contributed by atoms with Gasteiger partial charge in [-0.1, -0.05) is 24.3 Å². The number of aryl methyl sites for hydroxylation is 1. The van der Waals surface area contributed by atoms with Crippen LogP contribution in [0, 0.1) is 36.4 Å². The number of rotatable bonds is 5. The number of allylic oxidation sites excluding steroid dienone is 2. The number of nitrogens with one attached hydrogen (secondary N) is 1. The van der Waals surface area contributed by atoms with Gasteiger partial charge in [-0.15, -0.1) is 11.3 Å². The molecule has 2 aliphatic rings. The SMILES string of the molecule is COC(=O)c1c(NC(=O)[C@H]2[C@H](C(=O)O)[C@H]3C=C[C@H]2C3)sc(C)c1-c1ccc(F)cc1. The van der Waals surface area contributed by atoms with Gasteiger partial charge < -0.3 is 15.2 Å². The molecule has 2 aliphatic carbocycles. The summed E-state index contributed by atoms with van der Waals surface area (Å²) in [6, 6.07) is 5.71. The van der Waals surface area contributed by atoms with Gasteiger partial charge in [-0.2, -0.15) is 0 Å². The fourth-order valence-corrected chi connectivity index (χ4v) is 5.67. The number of carbonyl (C=O) groups is 3. The summed E-state index contributed by atoms with van der Waals surface area (Å²) in [6.45, 7) is 1.80. The molecule has 0 radical (unpaired) electrons. The van der Waals surface area contributed by atoms with Gasteiger partial charge in [0.15, 0.2) is 0 Å². The molecule has 1 fully saturated rings. The summed E-state index contributed by atoms with van der Waals surface area (Å²) < 4.78 is 18.3. The van der Waals surface area contributed by atoms with E-state index in [2.05, 4.69) is 5.32 Å². The van der Waals surface area contributed by atoms with Crippen molar-refractivity contribution in [1.82, 2.24) is 0 Å². The Morgan fingerprint density at radius 1 is 1.13 bits per heavy atom. The number of carboxylic acids is 1. The maximum atomic E-state index is 13.4. The number of amides is 1. The van der Waals surface area contributed by atoms with Crippen molar-refractivity contribution in [2.24, 2.45) is 23.7 Å². The van der Waals surface area contributed by atoms with Crippen LogP contribution in [0.2, 0.25) is 0 Å². The minimum Gasteiger partial charge on any atom is -0.481 e. The van der Waals surface area contributed by atoms with E-state index in [0.29, 0.717) is 22.5 Å². The highest BCUT2D eigenvalue weighted by Crippen LogP contribution is 2.49. The predicted octanol–water partition coefficient (Wildman–Crippen LogP) is 4.11. The monoisotopic (exact) mass is 429 g/mol. The summed E-state index contributed by atoms with van der Waals surface area (Å²) in [4.78, 5) is 38.1. The van der Waals surface area contributed by atoms with Gasteiger partial charge in [-0.05, 0) is 42.9 Å². The van der Waals surface area contributed by atoms with Crippen LogP contribution in [0.1, 0.15) is 21.7 Å². The number of ether oxygens (including phenoxy) is 1. The highest BCUT2D eigenvalue weighted by atomic mass is 32.1. The van der Waals surface area contributed by atoms with E-state index < -0.39 is 35.5 Å². The van der Waals surface area contributed by atoms with Gasteiger partial charge in [0.05, 0.1) is 18.9 Å². The number of methoxy groups -OCH3 is 1. The van der Waals surface area contributed by atoms with Gasteiger partial charge in [0, 0.05) is 10.4 Å². The van der Waals surface area contributed by atoms with Crippen LogP contribution in [-0.2, 0) is 14.3 Å². The van der Waals surface area contributed by atoms with Crippen LogP contribution in [0.15, 0.2) is 36.4 Å². The Morgan fingerprint density at radius 3 is 2.37 bits per heavy atom. The molecule has 2 N–H and O–H groups in total. The smallest absolute Gasteiger partial charge is 0.341 e. The number of benzene rings is 1. The summed E-state index contributed by atoms with van der Waals surface area (Å²) in [5.74, 6) is -4.19. The van der Waals surface area contributed by atoms with E-state index in [1.54, 1.807) is 19.1 Å². The average molecular weight is 429 g/mol. The van der Waals surface area contributed by atoms with Crippen molar-refractivity contribution in [3.63, 3.8) is 0 Å². The second kappa shape index (κ2) is 7.68. The number of carbonyl (C=O) groups excluding carboxylic acids is 2. The number of carboxylic acid groups (broad SMARTS) is 1. The molecule has 156 valence electrons. The number of esters is 1. The van der Waals surface area contributed by atoms with E-state index in [0.717, 1.165) is 4.88 Å².